The Hall–Kier alpha value is -2.48. The Bertz CT molecular complexity index is 1010. The van der Waals surface area contributed by atoms with E-state index >= 15 is 0 Å². The zero-order valence-corrected chi connectivity index (χ0v) is 17.7. The molecule has 1 saturated carbocycles. The third-order valence-electron chi connectivity index (χ3n) is 6.69. The van der Waals surface area contributed by atoms with Crippen LogP contribution in [-0.2, 0) is 29.0 Å². The number of H-pyrrole nitrogens is 1. The summed E-state index contributed by atoms with van der Waals surface area (Å²) in [5.74, 6) is 1.18. The summed E-state index contributed by atoms with van der Waals surface area (Å²) in [7, 11) is 0. The molecule has 1 N–H and O–H groups in total. The summed E-state index contributed by atoms with van der Waals surface area (Å²) in [6.07, 6.45) is 4.87. The number of carbonyl (C=O) groups excluding carboxylic acids is 2. The lowest BCUT2D eigenvalue weighted by molar-refractivity contribution is -0.139. The topological polar surface area (TPSA) is 86.4 Å². The van der Waals surface area contributed by atoms with Gasteiger partial charge in [-0.05, 0) is 37.1 Å². The number of thiophene rings is 1. The largest absolute Gasteiger partial charge is 0.342 e. The summed E-state index contributed by atoms with van der Waals surface area (Å²) in [6, 6.07) is 3.94. The molecule has 3 aliphatic rings. The molecule has 0 radical (unpaired) electrons. The van der Waals surface area contributed by atoms with Crippen LogP contribution >= 0.6 is 11.3 Å². The molecule has 1 atom stereocenters. The van der Waals surface area contributed by atoms with Gasteiger partial charge in [0.2, 0.25) is 11.8 Å². The number of nitrogens with zero attached hydrogens (tertiary/aromatic N) is 3. The van der Waals surface area contributed by atoms with Gasteiger partial charge in [-0.3, -0.25) is 14.4 Å². The first-order chi connectivity index (χ1) is 14.6. The Labute approximate surface area is 179 Å². The van der Waals surface area contributed by atoms with Crippen molar-refractivity contribution in [1.82, 2.24) is 19.8 Å². The second kappa shape index (κ2) is 7.98. The fraction of sp³-hybridized carbons (Fsp3) is 0.545. The molecular formula is C22H26N4O3S. The number of hydrogen-bond acceptors (Lipinski definition) is 5. The van der Waals surface area contributed by atoms with E-state index in [2.05, 4.69) is 4.98 Å². The van der Waals surface area contributed by atoms with Crippen molar-refractivity contribution in [1.29, 1.82) is 0 Å². The Morgan fingerprint density at radius 3 is 2.80 bits per heavy atom. The number of hydrogen-bond donors (Lipinski definition) is 1. The van der Waals surface area contributed by atoms with E-state index in [0.717, 1.165) is 36.3 Å². The van der Waals surface area contributed by atoms with Gasteiger partial charge in [-0.15, -0.1) is 11.3 Å². The molecule has 2 aliphatic heterocycles. The maximum atomic E-state index is 12.7. The molecule has 5 rings (SSSR count). The first-order valence-corrected chi connectivity index (χ1v) is 11.7. The molecule has 158 valence electrons. The zero-order chi connectivity index (χ0) is 20.7. The third kappa shape index (κ3) is 3.69. The molecule has 2 fully saturated rings. The van der Waals surface area contributed by atoms with Crippen molar-refractivity contribution < 1.29 is 9.59 Å². The second-order valence-corrected chi connectivity index (χ2v) is 9.63. The number of likely N-dealkylation sites (tertiary alicyclic amines) is 1. The van der Waals surface area contributed by atoms with Crippen LogP contribution in [-0.4, -0.2) is 51.2 Å². The minimum atomic E-state index is -0.0888. The molecule has 1 saturated heterocycles. The Morgan fingerprint density at radius 1 is 1.20 bits per heavy atom. The van der Waals surface area contributed by atoms with Crippen molar-refractivity contribution in [3.8, 4) is 0 Å². The number of fused-ring (bicyclic) bond motifs is 1. The Kier molecular flexibility index (Phi) is 5.18. The van der Waals surface area contributed by atoms with Crippen LogP contribution in [0.3, 0.4) is 0 Å². The molecule has 0 aromatic carbocycles. The molecule has 0 spiro atoms. The van der Waals surface area contributed by atoms with Crippen LogP contribution in [0.1, 0.15) is 53.6 Å². The molecule has 7 nitrogen and oxygen atoms in total. The summed E-state index contributed by atoms with van der Waals surface area (Å²) >= 11 is 1.60. The van der Waals surface area contributed by atoms with Crippen LogP contribution in [0.25, 0.3) is 0 Å². The highest BCUT2D eigenvalue weighted by atomic mass is 32.1. The van der Waals surface area contributed by atoms with Gasteiger partial charge in [0.25, 0.3) is 5.56 Å². The average molecular weight is 427 g/mol. The predicted molar refractivity (Wildman–Crippen MR) is 113 cm³/mol. The monoisotopic (exact) mass is 426 g/mol. The summed E-state index contributed by atoms with van der Waals surface area (Å²) in [6.45, 7) is 2.29. The van der Waals surface area contributed by atoms with Crippen molar-refractivity contribution >= 4 is 23.2 Å². The van der Waals surface area contributed by atoms with Gasteiger partial charge < -0.3 is 14.8 Å². The molecule has 1 unspecified atom stereocenters. The van der Waals surface area contributed by atoms with E-state index in [-0.39, 0.29) is 29.2 Å². The van der Waals surface area contributed by atoms with Gasteiger partial charge in [0.1, 0.15) is 5.82 Å². The molecule has 4 heterocycles. The van der Waals surface area contributed by atoms with Gasteiger partial charge in [0.15, 0.2) is 0 Å². The fourth-order valence-electron chi connectivity index (χ4n) is 4.64. The van der Waals surface area contributed by atoms with Crippen LogP contribution in [0.4, 0.5) is 0 Å². The first-order valence-electron chi connectivity index (χ1n) is 10.8. The third-order valence-corrected chi connectivity index (χ3v) is 7.57. The summed E-state index contributed by atoms with van der Waals surface area (Å²) in [5, 5.41) is 1.98. The van der Waals surface area contributed by atoms with E-state index in [0.29, 0.717) is 50.4 Å². The predicted octanol–water partition coefficient (Wildman–Crippen LogP) is 2.07. The number of aromatic amines is 1. The SMILES string of the molecule is O=C(Cc1cccs1)N1CCC(c2nc3c(c(=O)[nH]2)CCN(C(=O)C2CCC2)C3)C1. The van der Waals surface area contributed by atoms with Crippen molar-refractivity contribution in [2.45, 2.75) is 51.0 Å². The normalized spacial score (nSPS) is 21.4. The van der Waals surface area contributed by atoms with E-state index in [1.54, 1.807) is 11.3 Å². The van der Waals surface area contributed by atoms with Gasteiger partial charge in [-0.1, -0.05) is 12.5 Å². The van der Waals surface area contributed by atoms with Gasteiger partial charge in [0.05, 0.1) is 18.7 Å². The lowest BCUT2D eigenvalue weighted by Crippen LogP contribution is -2.43. The highest BCUT2D eigenvalue weighted by Crippen LogP contribution is 2.30. The molecule has 8 heteroatoms. The highest BCUT2D eigenvalue weighted by molar-refractivity contribution is 7.10. The molecule has 2 aromatic heterocycles. The van der Waals surface area contributed by atoms with Crippen LogP contribution in [0, 0.1) is 5.92 Å². The van der Waals surface area contributed by atoms with Gasteiger partial charge in [0, 0.05) is 41.9 Å². The summed E-state index contributed by atoms with van der Waals surface area (Å²) in [4.78, 5) is 50.5. The summed E-state index contributed by atoms with van der Waals surface area (Å²) in [5.41, 5.74) is 1.35. The molecule has 1 aliphatic carbocycles. The van der Waals surface area contributed by atoms with E-state index in [1.165, 1.54) is 0 Å². The minimum absolute atomic E-state index is 0.0352. The van der Waals surface area contributed by atoms with Crippen molar-refractivity contribution in [3.63, 3.8) is 0 Å². The van der Waals surface area contributed by atoms with Crippen molar-refractivity contribution in [2.24, 2.45) is 5.92 Å². The summed E-state index contributed by atoms with van der Waals surface area (Å²) < 4.78 is 0. The van der Waals surface area contributed by atoms with E-state index in [9.17, 15) is 14.4 Å². The average Bonchev–Trinajstić information content (AvgIpc) is 3.38. The van der Waals surface area contributed by atoms with Gasteiger partial charge >= 0.3 is 0 Å². The molecule has 0 bridgehead atoms. The Morgan fingerprint density at radius 2 is 2.07 bits per heavy atom. The van der Waals surface area contributed by atoms with Crippen molar-refractivity contribution in [2.75, 3.05) is 19.6 Å². The smallest absolute Gasteiger partial charge is 0.254 e. The first kappa shape index (κ1) is 19.5. The Balaban J connectivity index is 1.29. The maximum Gasteiger partial charge on any atom is 0.254 e. The van der Waals surface area contributed by atoms with Crippen LogP contribution in [0.15, 0.2) is 22.3 Å². The quantitative estimate of drug-likeness (QED) is 0.811. The molecular weight excluding hydrogens is 400 g/mol. The van der Waals surface area contributed by atoms with Crippen LogP contribution in [0.5, 0.6) is 0 Å². The maximum absolute atomic E-state index is 12.7. The van der Waals surface area contributed by atoms with E-state index < -0.39 is 0 Å². The number of aromatic nitrogens is 2. The zero-order valence-electron chi connectivity index (χ0n) is 16.9. The van der Waals surface area contributed by atoms with Gasteiger partial charge in [-0.2, -0.15) is 0 Å². The van der Waals surface area contributed by atoms with E-state index in [4.69, 9.17) is 4.98 Å². The minimum Gasteiger partial charge on any atom is -0.342 e. The van der Waals surface area contributed by atoms with Gasteiger partial charge in [-0.25, -0.2) is 4.98 Å². The lowest BCUT2D eigenvalue weighted by Gasteiger charge is -2.34. The number of nitrogens with one attached hydrogen (secondary N) is 1. The molecule has 2 aromatic rings. The van der Waals surface area contributed by atoms with Crippen molar-refractivity contribution in [3.05, 3.63) is 49.8 Å². The number of rotatable bonds is 4. The molecule has 2 amide bonds. The van der Waals surface area contributed by atoms with Crippen LogP contribution in [0.2, 0.25) is 0 Å². The fourth-order valence-corrected chi connectivity index (χ4v) is 5.33. The number of carbonyl (C=O) groups is 2. The highest BCUT2D eigenvalue weighted by Gasteiger charge is 2.34. The molecule has 30 heavy (non-hydrogen) atoms. The second-order valence-electron chi connectivity index (χ2n) is 8.60. The van der Waals surface area contributed by atoms with Crippen LogP contribution < -0.4 is 5.56 Å². The standard InChI is InChI=1S/C22H26N4O3S/c27-19(11-16-5-2-10-30-16)25-8-6-15(12-25)20-23-18-13-26(22(29)14-3-1-4-14)9-7-17(18)21(28)24-20/h2,5,10,14-15H,1,3-4,6-9,11-13H2,(H,23,24,28). The van der Waals surface area contributed by atoms with E-state index in [1.807, 2.05) is 27.3 Å². The number of amides is 2. The lowest BCUT2D eigenvalue weighted by atomic mass is 9.84.